The molecular weight excluding hydrogens is 252 g/mol. The van der Waals surface area contributed by atoms with Crippen LogP contribution in [0.1, 0.15) is 26.2 Å². The van der Waals surface area contributed by atoms with E-state index in [1.807, 2.05) is 12.4 Å². The van der Waals surface area contributed by atoms with Crippen molar-refractivity contribution in [2.75, 3.05) is 18.0 Å². The van der Waals surface area contributed by atoms with E-state index in [2.05, 4.69) is 38.8 Å². The van der Waals surface area contributed by atoms with Crippen LogP contribution in [0.5, 0.6) is 0 Å². The lowest BCUT2D eigenvalue weighted by Gasteiger charge is -2.33. The molecule has 0 amide bonds. The van der Waals surface area contributed by atoms with E-state index in [0.717, 1.165) is 10.4 Å². The highest BCUT2D eigenvalue weighted by Crippen LogP contribution is 2.29. The van der Waals surface area contributed by atoms with Gasteiger partial charge in [-0.15, -0.1) is 0 Å². The fourth-order valence-corrected chi connectivity index (χ4v) is 2.71. The van der Waals surface area contributed by atoms with Crippen molar-refractivity contribution < 1.29 is 0 Å². The zero-order valence-corrected chi connectivity index (χ0v) is 10.7. The highest BCUT2D eigenvalue weighted by Gasteiger charge is 2.19. The lowest BCUT2D eigenvalue weighted by molar-refractivity contribution is 0.395. The van der Waals surface area contributed by atoms with Gasteiger partial charge in [-0.1, -0.05) is 13.3 Å². The van der Waals surface area contributed by atoms with E-state index in [1.165, 1.54) is 38.0 Å². The maximum atomic E-state index is 4.10. The molecule has 2 nitrogen and oxygen atoms in total. The topological polar surface area (TPSA) is 16.1 Å². The molecule has 0 saturated carbocycles. The van der Waals surface area contributed by atoms with Gasteiger partial charge in [0.1, 0.15) is 0 Å². The minimum absolute atomic E-state index is 0.932. The van der Waals surface area contributed by atoms with Crippen molar-refractivity contribution in [1.82, 2.24) is 4.98 Å². The van der Waals surface area contributed by atoms with Crippen LogP contribution in [-0.2, 0) is 0 Å². The van der Waals surface area contributed by atoms with E-state index in [4.69, 9.17) is 0 Å². The molecule has 1 fully saturated rings. The molecule has 1 saturated heterocycles. The summed E-state index contributed by atoms with van der Waals surface area (Å²) in [5.41, 5.74) is 1.29. The summed E-state index contributed by atoms with van der Waals surface area (Å²) in [5, 5.41) is 0. The summed E-state index contributed by atoms with van der Waals surface area (Å²) in [7, 11) is 0. The Morgan fingerprint density at radius 1 is 1.47 bits per heavy atom. The highest BCUT2D eigenvalue weighted by molar-refractivity contribution is 9.10. The minimum atomic E-state index is 0.932. The predicted octanol–water partition coefficient (Wildman–Crippen LogP) is 3.47. The van der Waals surface area contributed by atoms with Gasteiger partial charge in [-0.2, -0.15) is 0 Å². The summed E-state index contributed by atoms with van der Waals surface area (Å²) in [6.07, 6.45) is 7.72. The van der Waals surface area contributed by atoms with Crippen LogP contribution in [0.4, 0.5) is 5.69 Å². The largest absolute Gasteiger partial charge is 0.371 e. The fraction of sp³-hybridized carbons (Fsp3) is 0.583. The van der Waals surface area contributed by atoms with Crippen molar-refractivity contribution in [2.45, 2.75) is 26.2 Å². The van der Waals surface area contributed by atoms with Gasteiger partial charge in [0.15, 0.2) is 0 Å². The third-order valence-corrected chi connectivity index (χ3v) is 3.89. The van der Waals surface area contributed by atoms with Gasteiger partial charge in [-0.05, 0) is 40.8 Å². The summed E-state index contributed by atoms with van der Waals surface area (Å²) < 4.78 is 1.11. The van der Waals surface area contributed by atoms with E-state index >= 15 is 0 Å². The number of anilines is 1. The van der Waals surface area contributed by atoms with Crippen LogP contribution in [0.15, 0.2) is 22.9 Å². The molecule has 82 valence electrons. The minimum Gasteiger partial charge on any atom is -0.371 e. The normalized spacial score (nSPS) is 18.1. The molecule has 0 spiro atoms. The Balaban J connectivity index is 2.04. The molecule has 0 aromatic carbocycles. The van der Waals surface area contributed by atoms with Crippen molar-refractivity contribution in [1.29, 1.82) is 0 Å². The number of hydrogen-bond donors (Lipinski definition) is 0. The molecule has 1 aromatic heterocycles. The maximum absolute atomic E-state index is 4.10. The van der Waals surface area contributed by atoms with E-state index in [1.54, 1.807) is 0 Å². The molecule has 0 N–H and O–H groups in total. The molecule has 2 rings (SSSR count). The standard InChI is InChI=1S/C12H17BrN2/c1-2-10-4-7-15(8-5-10)12-3-6-14-9-11(12)13/h3,6,9-10H,2,4-5,7-8H2,1H3. The lowest BCUT2D eigenvalue weighted by Crippen LogP contribution is -2.33. The van der Waals surface area contributed by atoms with Gasteiger partial charge in [-0.25, -0.2) is 0 Å². The van der Waals surface area contributed by atoms with Crippen LogP contribution in [0.3, 0.4) is 0 Å². The first kappa shape index (κ1) is 10.9. The Kier molecular flexibility index (Phi) is 3.62. The van der Waals surface area contributed by atoms with Gasteiger partial charge in [0.05, 0.1) is 10.2 Å². The van der Waals surface area contributed by atoms with E-state index in [-0.39, 0.29) is 0 Å². The zero-order valence-electron chi connectivity index (χ0n) is 9.12. The van der Waals surface area contributed by atoms with E-state index < -0.39 is 0 Å². The Morgan fingerprint density at radius 3 is 2.80 bits per heavy atom. The molecule has 0 aliphatic carbocycles. The molecule has 0 bridgehead atoms. The highest BCUT2D eigenvalue weighted by atomic mass is 79.9. The third-order valence-electron chi connectivity index (χ3n) is 3.28. The van der Waals surface area contributed by atoms with Crippen molar-refractivity contribution >= 4 is 21.6 Å². The summed E-state index contributed by atoms with van der Waals surface area (Å²) in [4.78, 5) is 6.55. The van der Waals surface area contributed by atoms with Crippen molar-refractivity contribution in [2.24, 2.45) is 5.92 Å². The molecule has 1 aromatic rings. The molecule has 0 unspecified atom stereocenters. The lowest BCUT2D eigenvalue weighted by atomic mass is 9.94. The Morgan fingerprint density at radius 2 is 2.20 bits per heavy atom. The monoisotopic (exact) mass is 268 g/mol. The molecular formula is C12H17BrN2. The van der Waals surface area contributed by atoms with E-state index in [9.17, 15) is 0 Å². The number of aromatic nitrogens is 1. The average Bonchev–Trinajstić information content (AvgIpc) is 2.30. The number of rotatable bonds is 2. The molecule has 0 atom stereocenters. The number of nitrogens with zero attached hydrogens (tertiary/aromatic N) is 2. The van der Waals surface area contributed by atoms with Gasteiger partial charge in [0.2, 0.25) is 0 Å². The Bertz CT molecular complexity index is 319. The van der Waals surface area contributed by atoms with Crippen LogP contribution in [0, 0.1) is 5.92 Å². The van der Waals surface area contributed by atoms with Gasteiger partial charge in [0.25, 0.3) is 0 Å². The Hall–Kier alpha value is -0.570. The summed E-state index contributed by atoms with van der Waals surface area (Å²) in [5.74, 6) is 0.932. The van der Waals surface area contributed by atoms with Crippen LogP contribution in [0.2, 0.25) is 0 Å². The molecule has 2 heterocycles. The van der Waals surface area contributed by atoms with Crippen molar-refractivity contribution in [3.8, 4) is 0 Å². The van der Waals surface area contributed by atoms with Gasteiger partial charge < -0.3 is 4.90 Å². The number of halogens is 1. The number of pyridine rings is 1. The number of piperidine rings is 1. The first-order chi connectivity index (χ1) is 7.31. The molecule has 1 aliphatic rings. The van der Waals surface area contributed by atoms with E-state index in [0.29, 0.717) is 0 Å². The van der Waals surface area contributed by atoms with Gasteiger partial charge >= 0.3 is 0 Å². The van der Waals surface area contributed by atoms with Crippen LogP contribution in [0.25, 0.3) is 0 Å². The second-order valence-corrected chi connectivity index (χ2v) is 5.02. The third kappa shape index (κ3) is 2.51. The first-order valence-electron chi connectivity index (χ1n) is 5.65. The molecule has 3 heteroatoms. The molecule has 15 heavy (non-hydrogen) atoms. The molecule has 1 aliphatic heterocycles. The van der Waals surface area contributed by atoms with Gasteiger partial charge in [0, 0.05) is 25.5 Å². The number of hydrogen-bond acceptors (Lipinski definition) is 2. The van der Waals surface area contributed by atoms with Crippen LogP contribution in [-0.4, -0.2) is 18.1 Å². The smallest absolute Gasteiger partial charge is 0.0592 e. The quantitative estimate of drug-likeness (QED) is 0.817. The summed E-state index contributed by atoms with van der Waals surface area (Å²) >= 11 is 3.56. The predicted molar refractivity (Wildman–Crippen MR) is 67.2 cm³/mol. The van der Waals surface area contributed by atoms with Gasteiger partial charge in [-0.3, -0.25) is 4.98 Å². The molecule has 0 radical (unpaired) electrons. The maximum Gasteiger partial charge on any atom is 0.0592 e. The van der Waals surface area contributed by atoms with Crippen molar-refractivity contribution in [3.05, 3.63) is 22.9 Å². The summed E-state index contributed by atoms with van der Waals surface area (Å²) in [6.45, 7) is 4.66. The average molecular weight is 269 g/mol. The SMILES string of the molecule is CCC1CCN(c2ccncc2Br)CC1. The first-order valence-corrected chi connectivity index (χ1v) is 6.45. The second kappa shape index (κ2) is 4.97. The van der Waals surface area contributed by atoms with Crippen LogP contribution >= 0.6 is 15.9 Å². The zero-order chi connectivity index (χ0) is 10.7. The fourth-order valence-electron chi connectivity index (χ4n) is 2.21. The van der Waals surface area contributed by atoms with Crippen LogP contribution < -0.4 is 4.90 Å². The van der Waals surface area contributed by atoms with Crippen molar-refractivity contribution in [3.63, 3.8) is 0 Å². The second-order valence-electron chi connectivity index (χ2n) is 4.17. The Labute approximate surface area is 99.8 Å². The summed E-state index contributed by atoms with van der Waals surface area (Å²) in [6, 6.07) is 2.09.